The first-order chi connectivity index (χ1) is 8.38. The zero-order valence-electron chi connectivity index (χ0n) is 11.6. The summed E-state index contributed by atoms with van der Waals surface area (Å²) in [7, 11) is 0. The maximum absolute atomic E-state index is 10.3. The summed E-state index contributed by atoms with van der Waals surface area (Å²) in [6.07, 6.45) is 1.45. The van der Waals surface area contributed by atoms with Gasteiger partial charge in [0, 0.05) is 29.7 Å². The highest BCUT2D eigenvalue weighted by Crippen LogP contribution is 2.28. The molecular formula is C14H23NO2S. The Hall–Kier alpha value is -0.450. The summed E-state index contributed by atoms with van der Waals surface area (Å²) in [6, 6.07) is 0. The fourth-order valence-electron chi connectivity index (χ4n) is 2.33. The van der Waals surface area contributed by atoms with E-state index in [1.807, 2.05) is 6.92 Å². The first-order valence-corrected chi connectivity index (χ1v) is 7.50. The van der Waals surface area contributed by atoms with E-state index in [0.717, 1.165) is 23.7 Å². The zero-order chi connectivity index (χ0) is 13.3. The molecule has 3 nitrogen and oxygen atoms in total. The minimum Gasteiger partial charge on any atom is -0.392 e. The lowest BCUT2D eigenvalue weighted by Gasteiger charge is -2.20. The summed E-state index contributed by atoms with van der Waals surface area (Å²) in [5.41, 5.74) is 1.20. The van der Waals surface area contributed by atoms with Crippen LogP contribution in [0.5, 0.6) is 0 Å². The molecule has 1 aromatic heterocycles. The Bertz CT molecular complexity index is 397. The number of ether oxygens (including phenoxy) is 1. The van der Waals surface area contributed by atoms with Crippen molar-refractivity contribution in [2.24, 2.45) is 5.92 Å². The Morgan fingerprint density at radius 2 is 2.28 bits per heavy atom. The molecule has 1 fully saturated rings. The smallest absolute Gasteiger partial charge is 0.0954 e. The minimum atomic E-state index is -0.332. The van der Waals surface area contributed by atoms with Crippen LogP contribution < -0.4 is 0 Å². The van der Waals surface area contributed by atoms with Crippen molar-refractivity contribution in [1.82, 2.24) is 4.98 Å². The minimum absolute atomic E-state index is 0.0868. The summed E-state index contributed by atoms with van der Waals surface area (Å²) >= 11 is 1.65. The largest absolute Gasteiger partial charge is 0.392 e. The maximum Gasteiger partial charge on any atom is 0.0954 e. The Labute approximate surface area is 113 Å². The van der Waals surface area contributed by atoms with Crippen LogP contribution in [0.2, 0.25) is 0 Å². The van der Waals surface area contributed by atoms with Gasteiger partial charge in [-0.25, -0.2) is 4.98 Å². The fourth-order valence-corrected chi connectivity index (χ4v) is 3.40. The molecule has 2 rings (SSSR count). The van der Waals surface area contributed by atoms with Crippen LogP contribution in [0.3, 0.4) is 0 Å². The van der Waals surface area contributed by atoms with Gasteiger partial charge < -0.3 is 9.84 Å². The number of rotatable bonds is 3. The van der Waals surface area contributed by atoms with Crippen molar-refractivity contribution in [1.29, 1.82) is 0 Å². The number of aliphatic hydroxyl groups excluding tert-OH is 1. The molecule has 1 aromatic rings. The zero-order valence-corrected chi connectivity index (χ0v) is 12.5. The van der Waals surface area contributed by atoms with Crippen LogP contribution in [-0.4, -0.2) is 28.9 Å². The van der Waals surface area contributed by atoms with Crippen molar-refractivity contribution in [3.8, 4) is 0 Å². The third-order valence-corrected chi connectivity index (χ3v) is 4.50. The second kappa shape index (κ2) is 5.27. The standard InChI is InChI=1S/C14H23NO2S/c1-9-10(5-6-17-9)11(16)7-13-15-12(8-18-13)14(2,3)4/h8-11,16H,5-7H2,1-4H3. The van der Waals surface area contributed by atoms with Crippen LogP contribution in [-0.2, 0) is 16.6 Å². The number of nitrogens with zero attached hydrogens (tertiary/aromatic N) is 1. The first kappa shape index (κ1) is 14.0. The molecule has 0 spiro atoms. The summed E-state index contributed by atoms with van der Waals surface area (Å²) in [4.78, 5) is 4.64. The summed E-state index contributed by atoms with van der Waals surface area (Å²) in [6.45, 7) is 9.30. The fraction of sp³-hybridized carbons (Fsp3) is 0.786. The van der Waals surface area contributed by atoms with Gasteiger partial charge in [-0.3, -0.25) is 0 Å². The summed E-state index contributed by atoms with van der Waals surface area (Å²) < 4.78 is 5.51. The molecule has 1 aliphatic rings. The molecule has 0 radical (unpaired) electrons. The topological polar surface area (TPSA) is 42.4 Å². The third kappa shape index (κ3) is 3.11. The van der Waals surface area contributed by atoms with Gasteiger partial charge in [0.1, 0.15) is 0 Å². The molecule has 0 bridgehead atoms. The predicted molar refractivity (Wildman–Crippen MR) is 74.0 cm³/mol. The Balaban J connectivity index is 1.99. The van der Waals surface area contributed by atoms with Crippen molar-refractivity contribution < 1.29 is 9.84 Å². The van der Waals surface area contributed by atoms with Gasteiger partial charge in [0.2, 0.25) is 0 Å². The predicted octanol–water partition coefficient (Wildman–Crippen LogP) is 2.77. The number of aromatic nitrogens is 1. The molecule has 102 valence electrons. The molecule has 0 aliphatic carbocycles. The van der Waals surface area contributed by atoms with Gasteiger partial charge in [-0.15, -0.1) is 11.3 Å². The van der Waals surface area contributed by atoms with Gasteiger partial charge in [-0.05, 0) is 13.3 Å². The van der Waals surface area contributed by atoms with Crippen LogP contribution in [0.15, 0.2) is 5.38 Å². The Kier molecular flexibility index (Phi) is 4.09. The maximum atomic E-state index is 10.3. The van der Waals surface area contributed by atoms with Gasteiger partial charge >= 0.3 is 0 Å². The molecule has 3 unspecified atom stereocenters. The lowest BCUT2D eigenvalue weighted by atomic mass is 9.93. The van der Waals surface area contributed by atoms with Crippen LogP contribution in [0.4, 0.5) is 0 Å². The monoisotopic (exact) mass is 269 g/mol. The van der Waals surface area contributed by atoms with E-state index in [1.165, 1.54) is 0 Å². The molecule has 4 heteroatoms. The van der Waals surface area contributed by atoms with E-state index in [2.05, 4.69) is 31.1 Å². The lowest BCUT2D eigenvalue weighted by molar-refractivity contribution is 0.0440. The van der Waals surface area contributed by atoms with Crippen molar-refractivity contribution in [3.05, 3.63) is 16.1 Å². The molecule has 0 aromatic carbocycles. The summed E-state index contributed by atoms with van der Waals surface area (Å²) in [5, 5.41) is 13.4. The molecular weight excluding hydrogens is 246 g/mol. The van der Waals surface area contributed by atoms with Gasteiger partial charge in [-0.2, -0.15) is 0 Å². The second-order valence-corrected chi connectivity index (χ2v) is 7.12. The van der Waals surface area contributed by atoms with E-state index in [0.29, 0.717) is 6.42 Å². The van der Waals surface area contributed by atoms with Crippen molar-refractivity contribution in [2.45, 2.75) is 58.2 Å². The highest BCUT2D eigenvalue weighted by molar-refractivity contribution is 7.09. The lowest BCUT2D eigenvalue weighted by Crippen LogP contribution is -2.28. The van der Waals surface area contributed by atoms with Crippen LogP contribution in [0, 0.1) is 5.92 Å². The van der Waals surface area contributed by atoms with Crippen LogP contribution >= 0.6 is 11.3 Å². The van der Waals surface area contributed by atoms with Crippen LogP contribution in [0.25, 0.3) is 0 Å². The average Bonchev–Trinajstić information content (AvgIpc) is 2.85. The molecule has 0 saturated carbocycles. The Morgan fingerprint density at radius 3 is 2.78 bits per heavy atom. The number of thiazole rings is 1. The Morgan fingerprint density at radius 1 is 1.56 bits per heavy atom. The highest BCUT2D eigenvalue weighted by Gasteiger charge is 2.31. The number of hydrogen-bond acceptors (Lipinski definition) is 4. The van der Waals surface area contributed by atoms with E-state index in [4.69, 9.17) is 4.74 Å². The third-order valence-electron chi connectivity index (χ3n) is 3.63. The van der Waals surface area contributed by atoms with Crippen molar-refractivity contribution in [3.63, 3.8) is 0 Å². The molecule has 1 N–H and O–H groups in total. The SMILES string of the molecule is CC1OCCC1C(O)Cc1nc(C(C)(C)C)cs1. The van der Waals surface area contributed by atoms with E-state index in [1.54, 1.807) is 11.3 Å². The van der Waals surface area contributed by atoms with Gasteiger partial charge in [0.05, 0.1) is 22.9 Å². The quantitative estimate of drug-likeness (QED) is 0.917. The van der Waals surface area contributed by atoms with E-state index < -0.39 is 0 Å². The molecule has 0 amide bonds. The van der Waals surface area contributed by atoms with Gasteiger partial charge in [-0.1, -0.05) is 20.8 Å². The second-order valence-electron chi connectivity index (χ2n) is 6.18. The molecule has 1 saturated heterocycles. The number of aliphatic hydroxyl groups is 1. The van der Waals surface area contributed by atoms with Gasteiger partial charge in [0.25, 0.3) is 0 Å². The molecule has 18 heavy (non-hydrogen) atoms. The molecule has 2 heterocycles. The first-order valence-electron chi connectivity index (χ1n) is 6.62. The normalized spacial score (nSPS) is 26.5. The van der Waals surface area contributed by atoms with E-state index in [9.17, 15) is 5.11 Å². The number of hydrogen-bond donors (Lipinski definition) is 1. The van der Waals surface area contributed by atoms with E-state index >= 15 is 0 Å². The molecule has 3 atom stereocenters. The molecule has 1 aliphatic heterocycles. The van der Waals surface area contributed by atoms with Crippen molar-refractivity contribution >= 4 is 11.3 Å². The highest BCUT2D eigenvalue weighted by atomic mass is 32.1. The van der Waals surface area contributed by atoms with Crippen molar-refractivity contribution in [2.75, 3.05) is 6.61 Å². The average molecular weight is 269 g/mol. The van der Waals surface area contributed by atoms with E-state index in [-0.39, 0.29) is 23.5 Å². The summed E-state index contributed by atoms with van der Waals surface area (Å²) in [5.74, 6) is 0.256. The van der Waals surface area contributed by atoms with Crippen LogP contribution in [0.1, 0.15) is 44.8 Å². The van der Waals surface area contributed by atoms with Gasteiger partial charge in [0.15, 0.2) is 0 Å².